The topological polar surface area (TPSA) is 84.5 Å². The molecule has 2 aromatic rings. The van der Waals surface area contributed by atoms with E-state index < -0.39 is 0 Å². The van der Waals surface area contributed by atoms with Gasteiger partial charge in [-0.1, -0.05) is 24.3 Å². The number of carbonyl (C=O) groups is 3. The van der Waals surface area contributed by atoms with Crippen molar-refractivity contribution in [3.8, 4) is 5.75 Å². The van der Waals surface area contributed by atoms with Gasteiger partial charge in [0.25, 0.3) is 5.91 Å². The fraction of sp³-hybridized carbons (Fsp3) is 0.345. The van der Waals surface area contributed by atoms with E-state index in [1.54, 1.807) is 6.07 Å². The van der Waals surface area contributed by atoms with Gasteiger partial charge in [0.1, 0.15) is 5.75 Å². The lowest BCUT2D eigenvalue weighted by atomic mass is 9.71. The average molecular weight is 471 g/mol. The van der Waals surface area contributed by atoms with Gasteiger partial charge in [-0.15, -0.1) is 0 Å². The van der Waals surface area contributed by atoms with Gasteiger partial charge in [-0.25, -0.2) is 0 Å². The molecular formula is C29H30N2O4. The van der Waals surface area contributed by atoms with Crippen LogP contribution in [0.1, 0.15) is 61.1 Å². The predicted octanol–water partition coefficient (Wildman–Crippen LogP) is 5.02. The van der Waals surface area contributed by atoms with Crippen LogP contribution >= 0.6 is 0 Å². The Kier molecular flexibility index (Phi) is 6.29. The van der Waals surface area contributed by atoms with Crippen LogP contribution in [-0.2, 0) is 14.4 Å². The van der Waals surface area contributed by atoms with Crippen molar-refractivity contribution in [2.24, 2.45) is 0 Å². The zero-order chi connectivity index (χ0) is 24.5. The van der Waals surface area contributed by atoms with Crippen molar-refractivity contribution in [2.75, 3.05) is 11.9 Å². The largest absolute Gasteiger partial charge is 0.484 e. The van der Waals surface area contributed by atoms with Crippen LogP contribution in [0.3, 0.4) is 0 Å². The number of carbonyl (C=O) groups excluding carboxylic acids is 3. The Bertz CT molecular complexity index is 1250. The summed E-state index contributed by atoms with van der Waals surface area (Å²) in [6, 6.07) is 13.2. The molecule has 5 rings (SSSR count). The van der Waals surface area contributed by atoms with Gasteiger partial charge < -0.3 is 15.4 Å². The molecule has 2 aromatic carbocycles. The second kappa shape index (κ2) is 9.53. The molecule has 6 heteroatoms. The van der Waals surface area contributed by atoms with Crippen LogP contribution in [0.5, 0.6) is 5.75 Å². The van der Waals surface area contributed by atoms with Crippen molar-refractivity contribution < 1.29 is 19.1 Å². The SMILES string of the molecule is Cc1cccc(NC(=O)COc2cccc(C3C4=C(CCCC4=O)NC4=C3C(=O)CCC4)c2)c1C. The van der Waals surface area contributed by atoms with Crippen molar-refractivity contribution in [1.82, 2.24) is 5.32 Å². The molecule has 3 aliphatic rings. The molecule has 0 atom stereocenters. The first-order valence-electron chi connectivity index (χ1n) is 12.3. The number of ether oxygens (including phenoxy) is 1. The summed E-state index contributed by atoms with van der Waals surface area (Å²) in [7, 11) is 0. The number of Topliss-reactive ketones (excluding diaryl/α,β-unsaturated/α-hetero) is 2. The molecule has 1 heterocycles. The van der Waals surface area contributed by atoms with Gasteiger partial charge in [0.05, 0.1) is 0 Å². The summed E-state index contributed by atoms with van der Waals surface area (Å²) in [6.45, 7) is 3.84. The number of dihydropyridines is 1. The van der Waals surface area contributed by atoms with E-state index in [9.17, 15) is 14.4 Å². The highest BCUT2D eigenvalue weighted by Gasteiger charge is 2.40. The highest BCUT2D eigenvalue weighted by atomic mass is 16.5. The first-order valence-corrected chi connectivity index (χ1v) is 12.3. The minimum absolute atomic E-state index is 0.105. The van der Waals surface area contributed by atoms with Crippen LogP contribution in [0.15, 0.2) is 65.0 Å². The first kappa shape index (κ1) is 23.1. The van der Waals surface area contributed by atoms with Crippen molar-refractivity contribution in [3.63, 3.8) is 0 Å². The molecular weight excluding hydrogens is 440 g/mol. The number of hydrogen-bond donors (Lipinski definition) is 2. The number of anilines is 1. The van der Waals surface area contributed by atoms with E-state index in [0.717, 1.165) is 70.6 Å². The van der Waals surface area contributed by atoms with E-state index >= 15 is 0 Å². The zero-order valence-electron chi connectivity index (χ0n) is 20.2. The maximum Gasteiger partial charge on any atom is 0.262 e. The van der Waals surface area contributed by atoms with Crippen LogP contribution in [0.4, 0.5) is 5.69 Å². The van der Waals surface area contributed by atoms with Gasteiger partial charge in [-0.2, -0.15) is 0 Å². The fourth-order valence-electron chi connectivity index (χ4n) is 5.32. The van der Waals surface area contributed by atoms with Gasteiger partial charge >= 0.3 is 0 Å². The number of hydrogen-bond acceptors (Lipinski definition) is 5. The summed E-state index contributed by atoms with van der Waals surface area (Å²) in [5, 5.41) is 6.35. The van der Waals surface area contributed by atoms with E-state index in [4.69, 9.17) is 4.74 Å². The van der Waals surface area contributed by atoms with Crippen LogP contribution < -0.4 is 15.4 Å². The number of rotatable bonds is 5. The number of ketones is 2. The third-order valence-corrected chi connectivity index (χ3v) is 7.23. The Morgan fingerprint density at radius 1 is 0.943 bits per heavy atom. The number of allylic oxidation sites excluding steroid dienone is 4. The molecule has 0 spiro atoms. The normalized spacial score (nSPS) is 18.1. The van der Waals surface area contributed by atoms with Crippen molar-refractivity contribution in [2.45, 2.75) is 58.3 Å². The summed E-state index contributed by atoms with van der Waals surface area (Å²) in [6.07, 6.45) is 4.29. The molecule has 0 radical (unpaired) electrons. The van der Waals surface area contributed by atoms with E-state index in [1.165, 1.54) is 0 Å². The molecule has 0 aromatic heterocycles. The van der Waals surface area contributed by atoms with E-state index in [1.807, 2.05) is 50.2 Å². The number of nitrogens with one attached hydrogen (secondary N) is 2. The van der Waals surface area contributed by atoms with Crippen molar-refractivity contribution in [1.29, 1.82) is 0 Å². The van der Waals surface area contributed by atoms with Crippen LogP contribution in [0.25, 0.3) is 0 Å². The Morgan fingerprint density at radius 3 is 2.29 bits per heavy atom. The molecule has 2 aliphatic carbocycles. The lowest BCUT2D eigenvalue weighted by Crippen LogP contribution is -2.36. The van der Waals surface area contributed by atoms with E-state index in [2.05, 4.69) is 10.6 Å². The molecule has 2 N–H and O–H groups in total. The summed E-state index contributed by atoms with van der Waals surface area (Å²) in [4.78, 5) is 38.6. The van der Waals surface area contributed by atoms with Crippen LogP contribution in [0.2, 0.25) is 0 Å². The Labute approximate surface area is 205 Å². The molecule has 0 saturated heterocycles. The lowest BCUT2D eigenvalue weighted by Gasteiger charge is -2.37. The Balaban J connectivity index is 1.39. The quantitative estimate of drug-likeness (QED) is 0.641. The Hall–Kier alpha value is -3.67. The highest BCUT2D eigenvalue weighted by molar-refractivity contribution is 6.06. The van der Waals surface area contributed by atoms with Crippen LogP contribution in [-0.4, -0.2) is 24.1 Å². The smallest absolute Gasteiger partial charge is 0.262 e. The molecule has 0 bridgehead atoms. The average Bonchev–Trinajstić information content (AvgIpc) is 2.85. The van der Waals surface area contributed by atoms with Gasteiger partial charge in [0, 0.05) is 47.0 Å². The number of amides is 1. The zero-order valence-corrected chi connectivity index (χ0v) is 20.2. The third kappa shape index (κ3) is 4.53. The molecule has 180 valence electrons. The lowest BCUT2D eigenvalue weighted by molar-refractivity contribution is -0.118. The summed E-state index contributed by atoms with van der Waals surface area (Å²) < 4.78 is 5.84. The van der Waals surface area contributed by atoms with Crippen LogP contribution in [0, 0.1) is 13.8 Å². The maximum atomic E-state index is 13.0. The van der Waals surface area contributed by atoms with Crippen molar-refractivity contribution in [3.05, 3.63) is 81.7 Å². The second-order valence-electron chi connectivity index (χ2n) is 9.55. The minimum atomic E-state index is -0.380. The number of aryl methyl sites for hydroxylation is 1. The van der Waals surface area contributed by atoms with Gasteiger partial charge in [-0.05, 0) is 74.4 Å². The first-order chi connectivity index (χ1) is 16.9. The molecule has 35 heavy (non-hydrogen) atoms. The minimum Gasteiger partial charge on any atom is -0.484 e. The van der Waals surface area contributed by atoms with Gasteiger partial charge in [0.2, 0.25) is 0 Å². The monoisotopic (exact) mass is 470 g/mol. The Morgan fingerprint density at radius 2 is 1.60 bits per heavy atom. The van der Waals surface area contributed by atoms with E-state index in [-0.39, 0.29) is 30.0 Å². The van der Waals surface area contributed by atoms with E-state index in [0.29, 0.717) is 18.6 Å². The third-order valence-electron chi connectivity index (χ3n) is 7.23. The second-order valence-corrected chi connectivity index (χ2v) is 9.55. The molecule has 1 amide bonds. The maximum absolute atomic E-state index is 13.0. The van der Waals surface area contributed by atoms with Gasteiger partial charge in [-0.3, -0.25) is 14.4 Å². The molecule has 6 nitrogen and oxygen atoms in total. The van der Waals surface area contributed by atoms with Gasteiger partial charge in [0.15, 0.2) is 18.2 Å². The molecule has 0 unspecified atom stereocenters. The standard InChI is InChI=1S/C29H30N2O4/c1-17-7-3-10-21(18(17)2)31-26(34)16-35-20-9-4-8-19(15-20)27-28-22(11-5-13-24(28)32)30-23-12-6-14-25(33)29(23)27/h3-4,7-10,15,27,30H,5-6,11-14,16H2,1-2H3,(H,31,34). The van der Waals surface area contributed by atoms with Crippen molar-refractivity contribution >= 4 is 23.2 Å². The highest BCUT2D eigenvalue weighted by Crippen LogP contribution is 2.45. The summed E-state index contributed by atoms with van der Waals surface area (Å²) in [5.41, 5.74) is 7.10. The predicted molar refractivity (Wildman–Crippen MR) is 134 cm³/mol. The molecule has 1 aliphatic heterocycles. The fourth-order valence-corrected chi connectivity index (χ4v) is 5.32. The summed E-state index contributed by atoms with van der Waals surface area (Å²) >= 11 is 0. The molecule has 0 saturated carbocycles. The summed E-state index contributed by atoms with van der Waals surface area (Å²) in [5.74, 6) is 0.119. The number of benzene rings is 2. The molecule has 0 fully saturated rings.